The molecule has 0 spiro atoms. The number of hydrogen-bond acceptors (Lipinski definition) is 1. The van der Waals surface area contributed by atoms with E-state index in [1.807, 2.05) is 0 Å². The van der Waals surface area contributed by atoms with Crippen LogP contribution >= 0.6 is 0 Å². The van der Waals surface area contributed by atoms with Crippen LogP contribution in [0.15, 0.2) is 4.99 Å². The molecule has 0 aromatic heterocycles. The topological polar surface area (TPSA) is 91.5 Å². The molecule has 0 rings (SSSR count). The molecule has 5 N–H and O–H groups in total. The van der Waals surface area contributed by atoms with E-state index in [0.29, 0.717) is 0 Å². The molecule has 0 aliphatic carbocycles. The third-order valence-corrected chi connectivity index (χ3v) is 0.659. The van der Waals surface area contributed by atoms with E-state index in [1.165, 1.54) is 4.90 Å². The Morgan fingerprint density at radius 1 is 1.44 bits per heavy atom. The number of hydrogen-bond donors (Lipinski definition) is 3. The Labute approximate surface area is 53.9 Å². The SMILES string of the molecule is CN([11CH3])C(=N)N=C(N)N. The van der Waals surface area contributed by atoms with Gasteiger partial charge in [0.05, 0.1) is 0 Å². The quantitative estimate of drug-likeness (QED) is 0.281. The Morgan fingerprint density at radius 2 is 1.89 bits per heavy atom. The molecular weight excluding hydrogens is 117 g/mol. The lowest BCUT2D eigenvalue weighted by Crippen LogP contribution is -2.28. The van der Waals surface area contributed by atoms with E-state index in [1.54, 1.807) is 14.1 Å². The number of nitrogens with zero attached hydrogens (tertiary/aromatic N) is 2. The summed E-state index contributed by atoms with van der Waals surface area (Å²) in [5, 5.41) is 7.05. The maximum Gasteiger partial charge on any atom is 0.220 e. The number of rotatable bonds is 0. The van der Waals surface area contributed by atoms with Crippen molar-refractivity contribution in [3.05, 3.63) is 0 Å². The van der Waals surface area contributed by atoms with Crippen LogP contribution in [0.1, 0.15) is 0 Å². The maximum absolute atomic E-state index is 7.05. The highest BCUT2D eigenvalue weighted by molar-refractivity contribution is 5.91. The Bertz CT molecular complexity index is 132. The first-order valence-corrected chi connectivity index (χ1v) is 2.39. The monoisotopic (exact) mass is 128 g/mol. The lowest BCUT2D eigenvalue weighted by molar-refractivity contribution is 0.609. The summed E-state index contributed by atoms with van der Waals surface area (Å²) in [5.41, 5.74) is 9.98. The second-order valence-electron chi connectivity index (χ2n) is 1.75. The van der Waals surface area contributed by atoms with Crippen molar-refractivity contribution in [1.82, 2.24) is 4.90 Å². The minimum absolute atomic E-state index is 0.0509. The molecule has 5 nitrogen and oxygen atoms in total. The fraction of sp³-hybridized carbons (Fsp3) is 0.500. The van der Waals surface area contributed by atoms with Crippen LogP contribution < -0.4 is 11.5 Å². The molecule has 0 heterocycles. The summed E-state index contributed by atoms with van der Waals surface area (Å²) >= 11 is 0. The molecule has 0 unspecified atom stereocenters. The van der Waals surface area contributed by atoms with Gasteiger partial charge in [0.2, 0.25) is 5.96 Å². The van der Waals surface area contributed by atoms with E-state index in [4.69, 9.17) is 16.9 Å². The minimum atomic E-state index is -0.0892. The first-order valence-electron chi connectivity index (χ1n) is 2.39. The van der Waals surface area contributed by atoms with Gasteiger partial charge in [-0.25, -0.2) is 0 Å². The van der Waals surface area contributed by atoms with Crippen LogP contribution in [-0.2, 0) is 0 Å². The highest BCUT2D eigenvalue weighted by atomic mass is 15.2. The van der Waals surface area contributed by atoms with Crippen LogP contribution in [0, 0.1) is 5.41 Å². The molecule has 52 valence electrons. The van der Waals surface area contributed by atoms with Gasteiger partial charge in [0.1, 0.15) is 0 Å². The van der Waals surface area contributed by atoms with Crippen LogP contribution in [0.25, 0.3) is 0 Å². The molecule has 0 saturated carbocycles. The van der Waals surface area contributed by atoms with Crippen molar-refractivity contribution < 1.29 is 0 Å². The first kappa shape index (κ1) is 7.74. The molecular formula is C4H11N5. The second-order valence-corrected chi connectivity index (χ2v) is 1.75. The highest BCUT2D eigenvalue weighted by Gasteiger charge is 1.93. The van der Waals surface area contributed by atoms with Gasteiger partial charge < -0.3 is 16.4 Å². The van der Waals surface area contributed by atoms with Crippen LogP contribution in [0.4, 0.5) is 0 Å². The number of nitrogens with two attached hydrogens (primary N) is 2. The van der Waals surface area contributed by atoms with Crippen molar-refractivity contribution in [2.24, 2.45) is 16.5 Å². The molecule has 0 fully saturated rings. The first-order chi connectivity index (χ1) is 4.04. The van der Waals surface area contributed by atoms with Crippen molar-refractivity contribution in [2.45, 2.75) is 0 Å². The summed E-state index contributed by atoms with van der Waals surface area (Å²) in [6.45, 7) is 0. The van der Waals surface area contributed by atoms with Gasteiger partial charge in [0, 0.05) is 14.1 Å². The van der Waals surface area contributed by atoms with E-state index in [9.17, 15) is 0 Å². The standard InChI is InChI=1S/C4H11N5/c1-9(2)4(7)8-3(5)6/h1-2H3,(H5,5,6,7,8)/i1-1. The van der Waals surface area contributed by atoms with Crippen LogP contribution in [0.3, 0.4) is 0 Å². The van der Waals surface area contributed by atoms with Gasteiger partial charge in [-0.2, -0.15) is 4.99 Å². The zero-order valence-corrected chi connectivity index (χ0v) is 5.55. The lowest BCUT2D eigenvalue weighted by Gasteiger charge is -2.07. The molecule has 0 atom stereocenters. The van der Waals surface area contributed by atoms with E-state index >= 15 is 0 Å². The van der Waals surface area contributed by atoms with Crippen molar-refractivity contribution in [3.63, 3.8) is 0 Å². The minimum Gasteiger partial charge on any atom is -0.370 e. The summed E-state index contributed by atoms with van der Waals surface area (Å²) in [6.07, 6.45) is 0. The van der Waals surface area contributed by atoms with Crippen molar-refractivity contribution in [1.29, 1.82) is 5.41 Å². The number of nitrogens with one attached hydrogen (secondary N) is 1. The predicted molar refractivity (Wildman–Crippen MR) is 37.2 cm³/mol. The van der Waals surface area contributed by atoms with Crippen molar-refractivity contribution >= 4 is 11.9 Å². The summed E-state index contributed by atoms with van der Waals surface area (Å²) in [7, 11) is 3.38. The summed E-state index contributed by atoms with van der Waals surface area (Å²) < 4.78 is 0. The Morgan fingerprint density at radius 3 is 2.00 bits per heavy atom. The molecule has 9 heavy (non-hydrogen) atoms. The largest absolute Gasteiger partial charge is 0.370 e. The number of guanidine groups is 2. The summed E-state index contributed by atoms with van der Waals surface area (Å²) in [6, 6.07) is 0. The normalized spacial score (nSPS) is 8.22. The van der Waals surface area contributed by atoms with Gasteiger partial charge in [-0.15, -0.1) is 0 Å². The van der Waals surface area contributed by atoms with E-state index in [-0.39, 0.29) is 11.9 Å². The van der Waals surface area contributed by atoms with Crippen LogP contribution in [-0.4, -0.2) is 30.9 Å². The molecule has 0 aromatic carbocycles. The van der Waals surface area contributed by atoms with E-state index < -0.39 is 0 Å². The Kier molecular flexibility index (Phi) is 2.50. The average molecular weight is 128 g/mol. The molecule has 0 amide bonds. The zero-order valence-electron chi connectivity index (χ0n) is 5.55. The van der Waals surface area contributed by atoms with E-state index in [2.05, 4.69) is 4.99 Å². The average Bonchev–Trinajstić information content (AvgIpc) is 1.63. The number of aliphatic imine (C=N–C) groups is 1. The third kappa shape index (κ3) is 3.33. The lowest BCUT2D eigenvalue weighted by atomic mass is 10.5. The molecule has 0 aromatic rings. The van der Waals surface area contributed by atoms with Gasteiger partial charge in [0.15, 0.2) is 5.96 Å². The molecule has 0 aliphatic rings. The van der Waals surface area contributed by atoms with Gasteiger partial charge in [-0.3, -0.25) is 5.41 Å². The van der Waals surface area contributed by atoms with E-state index in [0.717, 1.165) is 0 Å². The molecule has 0 radical (unpaired) electrons. The van der Waals surface area contributed by atoms with Crippen molar-refractivity contribution in [3.8, 4) is 0 Å². The fourth-order valence-corrected chi connectivity index (χ4v) is 0.222. The van der Waals surface area contributed by atoms with Gasteiger partial charge in [-0.1, -0.05) is 0 Å². The zero-order chi connectivity index (χ0) is 7.44. The van der Waals surface area contributed by atoms with Gasteiger partial charge in [0.25, 0.3) is 0 Å². The Hall–Kier alpha value is -1.26. The maximum atomic E-state index is 7.05. The predicted octanol–water partition coefficient (Wildman–Crippen LogP) is -1.24. The molecule has 0 saturated heterocycles. The fourth-order valence-electron chi connectivity index (χ4n) is 0.222. The smallest absolute Gasteiger partial charge is 0.220 e. The molecule has 0 bridgehead atoms. The third-order valence-electron chi connectivity index (χ3n) is 0.659. The van der Waals surface area contributed by atoms with Crippen LogP contribution in [0.2, 0.25) is 0 Å². The molecule has 5 heteroatoms. The van der Waals surface area contributed by atoms with Crippen LogP contribution in [0.5, 0.6) is 0 Å². The Balaban J connectivity index is 3.93. The summed E-state index contributed by atoms with van der Waals surface area (Å²) in [5.74, 6) is -0.0382. The second kappa shape index (κ2) is 2.91. The van der Waals surface area contributed by atoms with Gasteiger partial charge in [-0.05, 0) is 0 Å². The highest BCUT2D eigenvalue weighted by Crippen LogP contribution is 1.78. The van der Waals surface area contributed by atoms with Crippen molar-refractivity contribution in [2.75, 3.05) is 14.1 Å². The van der Waals surface area contributed by atoms with Gasteiger partial charge >= 0.3 is 0 Å². The molecule has 0 aliphatic heterocycles. The summed E-state index contributed by atoms with van der Waals surface area (Å²) in [4.78, 5) is 4.96.